The van der Waals surface area contributed by atoms with Gasteiger partial charge in [0.15, 0.2) is 0 Å². The number of rotatable bonds is 7. The summed E-state index contributed by atoms with van der Waals surface area (Å²) in [7, 11) is 0. The van der Waals surface area contributed by atoms with Crippen LogP contribution < -0.4 is 10.2 Å². The van der Waals surface area contributed by atoms with Crippen molar-refractivity contribution in [2.24, 2.45) is 0 Å². The molecule has 0 bridgehead atoms. The average molecular weight is 374 g/mol. The molecule has 6 heteroatoms. The molecule has 0 aliphatic rings. The molecule has 28 heavy (non-hydrogen) atoms. The van der Waals surface area contributed by atoms with Gasteiger partial charge in [0.1, 0.15) is 0 Å². The lowest BCUT2D eigenvalue weighted by atomic mass is 10.1. The lowest BCUT2D eigenvalue weighted by molar-refractivity contribution is -0.121. The molecule has 2 N–H and O–H groups in total. The summed E-state index contributed by atoms with van der Waals surface area (Å²) in [6, 6.07) is 16.9. The van der Waals surface area contributed by atoms with Crippen molar-refractivity contribution in [3.8, 4) is 6.07 Å². The van der Waals surface area contributed by atoms with Gasteiger partial charge in [0.2, 0.25) is 11.8 Å². The minimum absolute atomic E-state index is 0.109. The molecule has 0 atom stereocenters. The number of aromatic amines is 1. The summed E-state index contributed by atoms with van der Waals surface area (Å²) in [6.07, 6.45) is 2.90. The molecule has 1 heterocycles. The van der Waals surface area contributed by atoms with Crippen molar-refractivity contribution in [2.75, 3.05) is 18.0 Å². The number of para-hydroxylation sites is 1. The van der Waals surface area contributed by atoms with Crippen LogP contribution in [0.25, 0.3) is 10.9 Å². The Morgan fingerprint density at radius 2 is 2.00 bits per heavy atom. The van der Waals surface area contributed by atoms with Crippen molar-refractivity contribution in [1.29, 1.82) is 5.26 Å². The second kappa shape index (κ2) is 8.87. The molecule has 3 aromatic rings. The summed E-state index contributed by atoms with van der Waals surface area (Å²) in [5.41, 5.74) is 3.35. The van der Waals surface area contributed by atoms with Crippen LogP contribution in [0.1, 0.15) is 24.5 Å². The predicted octanol–water partition coefficient (Wildman–Crippen LogP) is 3.14. The van der Waals surface area contributed by atoms with Crippen LogP contribution in [0.15, 0.2) is 54.7 Å². The third kappa shape index (κ3) is 4.57. The third-order valence-electron chi connectivity index (χ3n) is 4.62. The highest BCUT2D eigenvalue weighted by molar-refractivity contribution is 5.92. The van der Waals surface area contributed by atoms with E-state index in [1.807, 2.05) is 24.4 Å². The standard InChI is InChI=1S/C22H22N4O2/c1-16(27)26(19-6-4-5-17(13-19)14-23)12-10-22(28)24-11-9-18-15-25-21-8-3-2-7-20(18)21/h2-8,13,15,25H,9-12H2,1H3,(H,24,28). The molecule has 0 radical (unpaired) electrons. The maximum Gasteiger partial charge on any atom is 0.223 e. The van der Waals surface area contributed by atoms with Gasteiger partial charge in [-0.1, -0.05) is 24.3 Å². The van der Waals surface area contributed by atoms with Crippen LogP contribution in [0.3, 0.4) is 0 Å². The van der Waals surface area contributed by atoms with Gasteiger partial charge in [-0.2, -0.15) is 5.26 Å². The summed E-state index contributed by atoms with van der Waals surface area (Å²) < 4.78 is 0. The lowest BCUT2D eigenvalue weighted by Crippen LogP contribution is -2.34. The first-order valence-corrected chi connectivity index (χ1v) is 9.18. The Balaban J connectivity index is 1.52. The van der Waals surface area contributed by atoms with Gasteiger partial charge in [-0.05, 0) is 36.2 Å². The fourth-order valence-electron chi connectivity index (χ4n) is 3.19. The van der Waals surface area contributed by atoms with E-state index in [-0.39, 0.29) is 24.8 Å². The van der Waals surface area contributed by atoms with E-state index in [9.17, 15) is 9.59 Å². The van der Waals surface area contributed by atoms with Crippen LogP contribution in [0.2, 0.25) is 0 Å². The number of nitrogens with one attached hydrogen (secondary N) is 2. The van der Waals surface area contributed by atoms with Gasteiger partial charge in [0.25, 0.3) is 0 Å². The number of hydrogen-bond acceptors (Lipinski definition) is 3. The van der Waals surface area contributed by atoms with Crippen LogP contribution in [0.5, 0.6) is 0 Å². The van der Waals surface area contributed by atoms with Gasteiger partial charge >= 0.3 is 0 Å². The Hall–Kier alpha value is -3.59. The first-order chi connectivity index (χ1) is 13.6. The van der Waals surface area contributed by atoms with Crippen molar-refractivity contribution in [3.05, 3.63) is 65.9 Å². The molecule has 0 aliphatic carbocycles. The topological polar surface area (TPSA) is 89.0 Å². The maximum atomic E-state index is 12.2. The third-order valence-corrected chi connectivity index (χ3v) is 4.62. The molecule has 0 aliphatic heterocycles. The molecule has 0 fully saturated rings. The molecule has 2 amide bonds. The van der Waals surface area contributed by atoms with Gasteiger partial charge in [0, 0.05) is 49.2 Å². The highest BCUT2D eigenvalue weighted by atomic mass is 16.2. The molecule has 0 saturated heterocycles. The minimum atomic E-state index is -0.165. The molecular weight excluding hydrogens is 352 g/mol. The van der Waals surface area contributed by atoms with Crippen molar-refractivity contribution in [1.82, 2.24) is 10.3 Å². The lowest BCUT2D eigenvalue weighted by Gasteiger charge is -2.21. The Kier molecular flexibility index (Phi) is 6.07. The number of H-pyrrole nitrogens is 1. The van der Waals surface area contributed by atoms with Gasteiger partial charge in [0.05, 0.1) is 11.6 Å². The molecule has 2 aromatic carbocycles. The number of amides is 2. The van der Waals surface area contributed by atoms with E-state index >= 15 is 0 Å². The number of carbonyl (C=O) groups excluding carboxylic acids is 2. The first-order valence-electron chi connectivity index (χ1n) is 9.18. The van der Waals surface area contributed by atoms with Gasteiger partial charge < -0.3 is 15.2 Å². The number of carbonyl (C=O) groups is 2. The van der Waals surface area contributed by atoms with E-state index in [4.69, 9.17) is 5.26 Å². The fourth-order valence-corrected chi connectivity index (χ4v) is 3.19. The summed E-state index contributed by atoms with van der Waals surface area (Å²) in [5.74, 6) is -0.274. The van der Waals surface area contributed by atoms with Crippen LogP contribution in [-0.4, -0.2) is 29.9 Å². The molecule has 0 spiro atoms. The van der Waals surface area contributed by atoms with E-state index in [0.29, 0.717) is 17.8 Å². The number of fused-ring (bicyclic) bond motifs is 1. The van der Waals surface area contributed by atoms with Crippen molar-refractivity contribution in [3.63, 3.8) is 0 Å². The summed E-state index contributed by atoms with van der Waals surface area (Å²) in [5, 5.41) is 13.1. The maximum absolute atomic E-state index is 12.2. The van der Waals surface area contributed by atoms with Gasteiger partial charge in [-0.25, -0.2) is 0 Å². The van der Waals surface area contributed by atoms with Crippen LogP contribution >= 0.6 is 0 Å². The smallest absolute Gasteiger partial charge is 0.223 e. The first kappa shape index (κ1) is 19.2. The number of nitrogens with zero attached hydrogens (tertiary/aromatic N) is 2. The van der Waals surface area contributed by atoms with Crippen LogP contribution in [0.4, 0.5) is 5.69 Å². The molecule has 3 rings (SSSR count). The van der Waals surface area contributed by atoms with Crippen LogP contribution in [-0.2, 0) is 16.0 Å². The molecule has 6 nitrogen and oxygen atoms in total. The zero-order chi connectivity index (χ0) is 19.9. The number of hydrogen-bond donors (Lipinski definition) is 2. The normalized spacial score (nSPS) is 10.4. The summed E-state index contributed by atoms with van der Waals surface area (Å²) in [4.78, 5) is 28.9. The second-order valence-electron chi connectivity index (χ2n) is 6.54. The highest BCUT2D eigenvalue weighted by Crippen LogP contribution is 2.18. The fraction of sp³-hybridized carbons (Fsp3) is 0.227. The van der Waals surface area contributed by atoms with Crippen molar-refractivity contribution in [2.45, 2.75) is 19.8 Å². The second-order valence-corrected chi connectivity index (χ2v) is 6.54. The van der Waals surface area contributed by atoms with E-state index < -0.39 is 0 Å². The Morgan fingerprint density at radius 1 is 1.18 bits per heavy atom. The quantitative estimate of drug-likeness (QED) is 0.666. The SMILES string of the molecule is CC(=O)N(CCC(=O)NCCc1c[nH]c2ccccc12)c1cccc(C#N)c1. The predicted molar refractivity (Wildman–Crippen MR) is 109 cm³/mol. The van der Waals surface area contributed by atoms with Crippen LogP contribution in [0, 0.1) is 11.3 Å². The van der Waals surface area contributed by atoms with Crippen molar-refractivity contribution >= 4 is 28.4 Å². The summed E-state index contributed by atoms with van der Waals surface area (Å²) in [6.45, 7) is 2.25. The minimum Gasteiger partial charge on any atom is -0.361 e. The molecule has 0 saturated carbocycles. The van der Waals surface area contributed by atoms with E-state index in [2.05, 4.69) is 22.4 Å². The summed E-state index contributed by atoms with van der Waals surface area (Å²) >= 11 is 0. The molecular formula is C22H22N4O2. The van der Waals surface area contributed by atoms with Gasteiger partial charge in [-0.3, -0.25) is 9.59 Å². The number of nitriles is 1. The molecule has 1 aromatic heterocycles. The van der Waals surface area contributed by atoms with E-state index in [0.717, 1.165) is 22.9 Å². The average Bonchev–Trinajstić information content (AvgIpc) is 3.11. The zero-order valence-electron chi connectivity index (χ0n) is 15.7. The van der Waals surface area contributed by atoms with Crippen molar-refractivity contribution < 1.29 is 9.59 Å². The monoisotopic (exact) mass is 374 g/mol. The molecule has 0 unspecified atom stereocenters. The Morgan fingerprint density at radius 3 is 2.79 bits per heavy atom. The Bertz CT molecular complexity index is 1030. The number of benzene rings is 2. The van der Waals surface area contributed by atoms with E-state index in [1.165, 1.54) is 11.8 Å². The largest absolute Gasteiger partial charge is 0.361 e. The zero-order valence-corrected chi connectivity index (χ0v) is 15.7. The van der Waals surface area contributed by atoms with E-state index in [1.54, 1.807) is 24.3 Å². The Labute approximate surface area is 163 Å². The number of anilines is 1. The van der Waals surface area contributed by atoms with Gasteiger partial charge in [-0.15, -0.1) is 0 Å². The molecule has 142 valence electrons. The highest BCUT2D eigenvalue weighted by Gasteiger charge is 2.14. The number of aromatic nitrogens is 1.